The van der Waals surface area contributed by atoms with E-state index in [2.05, 4.69) is 4.98 Å². The minimum atomic E-state index is -0.811. The van der Waals surface area contributed by atoms with Crippen LogP contribution in [0.2, 0.25) is 0 Å². The Morgan fingerprint density at radius 2 is 2.14 bits per heavy atom. The summed E-state index contributed by atoms with van der Waals surface area (Å²) in [5.74, 6) is -0.0610. The van der Waals surface area contributed by atoms with Gasteiger partial charge in [-0.25, -0.2) is 4.79 Å². The molecule has 1 unspecified atom stereocenters. The van der Waals surface area contributed by atoms with Gasteiger partial charge in [0.15, 0.2) is 0 Å². The zero-order chi connectivity index (χ0) is 15.5. The smallest absolute Gasteiger partial charge is 0.404 e. The van der Waals surface area contributed by atoms with E-state index in [1.165, 1.54) is 0 Å². The number of carbonyl (C=O) groups excluding carboxylic acids is 2. The second-order valence-corrected chi connectivity index (χ2v) is 5.30. The first kappa shape index (κ1) is 14.3. The second kappa shape index (κ2) is 6.01. The maximum absolute atomic E-state index is 12.8. The van der Waals surface area contributed by atoms with Crippen LogP contribution in [-0.2, 0) is 4.74 Å². The van der Waals surface area contributed by atoms with Gasteiger partial charge < -0.3 is 15.4 Å². The second-order valence-electron chi connectivity index (χ2n) is 5.30. The quantitative estimate of drug-likeness (QED) is 0.938. The summed E-state index contributed by atoms with van der Waals surface area (Å²) in [4.78, 5) is 29.6. The van der Waals surface area contributed by atoms with Gasteiger partial charge in [0.25, 0.3) is 5.91 Å². The molecule has 0 saturated carbocycles. The average molecular weight is 299 g/mol. The van der Waals surface area contributed by atoms with Crippen molar-refractivity contribution >= 4 is 22.9 Å². The third kappa shape index (κ3) is 2.72. The number of para-hydroxylation sites is 1. The van der Waals surface area contributed by atoms with E-state index in [0.29, 0.717) is 12.1 Å². The van der Waals surface area contributed by atoms with Crippen molar-refractivity contribution in [2.75, 3.05) is 13.2 Å². The molecule has 2 N–H and O–H groups in total. The highest BCUT2D eigenvalue weighted by Crippen LogP contribution is 2.24. The molecule has 114 valence electrons. The topological polar surface area (TPSA) is 85.5 Å². The molecule has 1 atom stereocenters. The molecule has 0 spiro atoms. The van der Waals surface area contributed by atoms with Crippen LogP contribution >= 0.6 is 0 Å². The summed E-state index contributed by atoms with van der Waals surface area (Å²) >= 11 is 0. The van der Waals surface area contributed by atoms with Crippen molar-refractivity contribution < 1.29 is 14.3 Å². The van der Waals surface area contributed by atoms with E-state index >= 15 is 0 Å². The molecular weight excluding hydrogens is 282 g/mol. The van der Waals surface area contributed by atoms with E-state index in [4.69, 9.17) is 10.5 Å². The first-order chi connectivity index (χ1) is 10.7. The van der Waals surface area contributed by atoms with Crippen LogP contribution in [0.3, 0.4) is 0 Å². The van der Waals surface area contributed by atoms with E-state index in [9.17, 15) is 9.59 Å². The number of hydrogen-bond acceptors (Lipinski definition) is 4. The van der Waals surface area contributed by atoms with Crippen LogP contribution in [0.25, 0.3) is 10.9 Å². The Morgan fingerprint density at radius 3 is 2.95 bits per heavy atom. The number of primary amides is 1. The lowest BCUT2D eigenvalue weighted by molar-refractivity contribution is 0.0648. The standard InChI is InChI=1S/C16H17N3O3/c17-16(21)22-10-11-4-3-9-19(11)15(20)13-7-8-18-14-6-2-1-5-12(13)14/h1-2,5-8,11H,3-4,9-10H2,(H2,17,21). The summed E-state index contributed by atoms with van der Waals surface area (Å²) in [6, 6.07) is 9.16. The number of nitrogens with two attached hydrogens (primary N) is 1. The lowest BCUT2D eigenvalue weighted by atomic mass is 10.1. The molecule has 2 heterocycles. The molecule has 6 nitrogen and oxygen atoms in total. The van der Waals surface area contributed by atoms with Gasteiger partial charge in [0.2, 0.25) is 0 Å². The molecule has 1 saturated heterocycles. The molecule has 22 heavy (non-hydrogen) atoms. The third-order valence-electron chi connectivity index (χ3n) is 3.94. The maximum atomic E-state index is 12.8. The van der Waals surface area contributed by atoms with Crippen molar-refractivity contribution in [3.63, 3.8) is 0 Å². The van der Waals surface area contributed by atoms with E-state index in [0.717, 1.165) is 23.7 Å². The first-order valence-corrected chi connectivity index (χ1v) is 7.24. The molecule has 2 aromatic rings. The fourth-order valence-electron chi connectivity index (χ4n) is 2.89. The van der Waals surface area contributed by atoms with Crippen molar-refractivity contribution in [3.8, 4) is 0 Å². The minimum absolute atomic E-state index is 0.0610. The minimum Gasteiger partial charge on any atom is -0.448 e. The zero-order valence-electron chi connectivity index (χ0n) is 12.1. The van der Waals surface area contributed by atoms with Crippen LogP contribution in [0.15, 0.2) is 36.5 Å². The number of fused-ring (bicyclic) bond motifs is 1. The highest BCUT2D eigenvalue weighted by molar-refractivity contribution is 6.06. The van der Waals surface area contributed by atoms with Crippen molar-refractivity contribution in [1.29, 1.82) is 0 Å². The van der Waals surface area contributed by atoms with E-state index in [1.54, 1.807) is 17.2 Å². The summed E-state index contributed by atoms with van der Waals surface area (Å²) in [6.45, 7) is 0.798. The monoisotopic (exact) mass is 299 g/mol. The van der Waals surface area contributed by atoms with E-state index in [1.807, 2.05) is 24.3 Å². The highest BCUT2D eigenvalue weighted by Gasteiger charge is 2.31. The van der Waals surface area contributed by atoms with Gasteiger partial charge in [-0.15, -0.1) is 0 Å². The van der Waals surface area contributed by atoms with Crippen LogP contribution in [0, 0.1) is 0 Å². The number of pyridine rings is 1. The first-order valence-electron chi connectivity index (χ1n) is 7.24. The molecule has 1 aromatic carbocycles. The number of nitrogens with zero attached hydrogens (tertiary/aromatic N) is 2. The SMILES string of the molecule is NC(=O)OCC1CCCN1C(=O)c1ccnc2ccccc12. The van der Waals surface area contributed by atoms with Gasteiger partial charge in [0, 0.05) is 18.1 Å². The fourth-order valence-corrected chi connectivity index (χ4v) is 2.89. The van der Waals surface area contributed by atoms with Gasteiger partial charge in [-0.3, -0.25) is 9.78 Å². The summed E-state index contributed by atoms with van der Waals surface area (Å²) in [5, 5.41) is 0.830. The lowest BCUT2D eigenvalue weighted by Gasteiger charge is -2.24. The molecule has 6 heteroatoms. The molecule has 1 aliphatic rings. The van der Waals surface area contributed by atoms with Crippen LogP contribution in [0.5, 0.6) is 0 Å². The predicted molar refractivity (Wildman–Crippen MR) is 81.3 cm³/mol. The fraction of sp³-hybridized carbons (Fsp3) is 0.312. The Hall–Kier alpha value is -2.63. The molecule has 0 aliphatic carbocycles. The van der Waals surface area contributed by atoms with Crippen LogP contribution in [-0.4, -0.2) is 41.1 Å². The zero-order valence-corrected chi connectivity index (χ0v) is 12.1. The number of benzene rings is 1. The van der Waals surface area contributed by atoms with Gasteiger partial charge in [-0.05, 0) is 25.0 Å². The molecule has 1 aromatic heterocycles. The molecule has 2 amide bonds. The Morgan fingerprint density at radius 1 is 1.32 bits per heavy atom. The number of carbonyl (C=O) groups is 2. The summed E-state index contributed by atoms with van der Waals surface area (Å²) in [6.07, 6.45) is 2.53. The van der Waals surface area contributed by atoms with Crippen LogP contribution in [0.4, 0.5) is 4.79 Å². The van der Waals surface area contributed by atoms with Crippen LogP contribution in [0.1, 0.15) is 23.2 Å². The molecule has 0 bridgehead atoms. The van der Waals surface area contributed by atoms with Gasteiger partial charge in [0.05, 0.1) is 17.1 Å². The molecule has 1 aliphatic heterocycles. The van der Waals surface area contributed by atoms with Gasteiger partial charge >= 0.3 is 6.09 Å². The van der Waals surface area contributed by atoms with Gasteiger partial charge in [-0.2, -0.15) is 0 Å². The average Bonchev–Trinajstić information content (AvgIpc) is 3.00. The Bertz CT molecular complexity index is 711. The Kier molecular flexibility index (Phi) is 3.91. The van der Waals surface area contributed by atoms with E-state index < -0.39 is 6.09 Å². The molecule has 3 rings (SSSR count). The number of likely N-dealkylation sites (tertiary alicyclic amines) is 1. The van der Waals surface area contributed by atoms with E-state index in [-0.39, 0.29) is 18.6 Å². The van der Waals surface area contributed by atoms with Crippen LogP contribution < -0.4 is 5.73 Å². The highest BCUT2D eigenvalue weighted by atomic mass is 16.5. The largest absolute Gasteiger partial charge is 0.448 e. The maximum Gasteiger partial charge on any atom is 0.404 e. The normalized spacial score (nSPS) is 17.6. The number of amides is 2. The number of ether oxygens (including phenoxy) is 1. The predicted octanol–water partition coefficient (Wildman–Crippen LogP) is 1.93. The van der Waals surface area contributed by atoms with Crippen molar-refractivity contribution in [2.24, 2.45) is 5.73 Å². The third-order valence-corrected chi connectivity index (χ3v) is 3.94. The Labute approximate surface area is 127 Å². The molecule has 0 radical (unpaired) electrons. The van der Waals surface area contributed by atoms with Crippen molar-refractivity contribution in [3.05, 3.63) is 42.1 Å². The van der Waals surface area contributed by atoms with Gasteiger partial charge in [0.1, 0.15) is 6.61 Å². The summed E-state index contributed by atoms with van der Waals surface area (Å²) < 4.78 is 4.86. The molecular formula is C16H17N3O3. The van der Waals surface area contributed by atoms with Crippen molar-refractivity contribution in [1.82, 2.24) is 9.88 Å². The van der Waals surface area contributed by atoms with Gasteiger partial charge in [-0.1, -0.05) is 18.2 Å². The molecule has 1 fully saturated rings. The van der Waals surface area contributed by atoms with Crippen molar-refractivity contribution in [2.45, 2.75) is 18.9 Å². The number of rotatable bonds is 3. The lowest BCUT2D eigenvalue weighted by Crippen LogP contribution is -2.39. The summed E-state index contributed by atoms with van der Waals surface area (Å²) in [5.41, 5.74) is 6.42. The number of hydrogen-bond donors (Lipinski definition) is 1. The number of aromatic nitrogens is 1. The summed E-state index contributed by atoms with van der Waals surface area (Å²) in [7, 11) is 0. The Balaban J connectivity index is 1.87.